The molecule has 0 unspecified atom stereocenters. The summed E-state index contributed by atoms with van der Waals surface area (Å²) in [7, 11) is 0. The summed E-state index contributed by atoms with van der Waals surface area (Å²) in [5, 5.41) is 126. The van der Waals surface area contributed by atoms with Crippen LogP contribution in [-0.2, 0) is 14.2 Å². The molecule has 0 amide bonds. The van der Waals surface area contributed by atoms with Gasteiger partial charge in [0.15, 0.2) is 66.4 Å². The predicted octanol–water partition coefficient (Wildman–Crippen LogP) is 6.55. The SMILES string of the molecule is [2H]c1c([2H])c([C@]2([2H])C[C@H]2Nc2nc(SCCC)nc3c2nnn3[C@]2([2H])C([2H])([2H])[C@]([2H])(OC([2H])([2H])C([2H])([2H])O)[C@@]([2H])(O)[C@@]2([2H])O)c([2H])c(F)c1C.[2H]c1c([2H])c([C@]2([2H])C[C@H]2Nc2nc(SCCC)nc3c2nnn3[C@]2([2H])C([2H])([2H])[C@]([2H])(OC([2H])([2H])CO)[C@@]([2H])(O)[C@@]2([2H])O)c([2H])c(F)c1C.[2H]c1c([2H])c([C@]2([2H])C[C@H]2Nc2nc(SCCC)nc3c2nnn3[C@]2([2H])C([2H])([2H])[C@]([2H])(OCC([2H])([2H])O)[C@@]([2H])(O)[C@@]2([2H])O)c([2H])c(F)c1C. The van der Waals surface area contributed by atoms with E-state index in [0.29, 0.717) is 36.5 Å². The van der Waals surface area contributed by atoms with Gasteiger partial charge < -0.3 is 76.1 Å². The number of nitrogens with zero attached hydrogens (tertiary/aromatic N) is 15. The van der Waals surface area contributed by atoms with Crippen LogP contribution in [0.25, 0.3) is 33.5 Å². The Hall–Kier alpha value is -7.14. The first-order valence-corrected chi connectivity index (χ1v) is 35.7. The lowest BCUT2D eigenvalue weighted by Crippen LogP contribution is -2.33. The number of benzene rings is 3. The third-order valence-electron chi connectivity index (χ3n) is 16.0. The van der Waals surface area contributed by atoms with E-state index >= 15 is 0 Å². The molecule has 36 heteroatoms. The molecule has 30 nitrogen and oxygen atoms in total. The molecule has 3 aromatic carbocycles. The van der Waals surface area contributed by atoms with E-state index in [0.717, 1.165) is 35.3 Å². The van der Waals surface area contributed by atoms with Crippen LogP contribution in [0, 0.1) is 38.2 Å². The number of fused-ring (bicyclic) bond motifs is 3. The van der Waals surface area contributed by atoms with Crippen molar-refractivity contribution in [3.63, 3.8) is 0 Å². The van der Waals surface area contributed by atoms with Gasteiger partial charge in [0.05, 0.1) is 115 Å². The van der Waals surface area contributed by atoms with Crippen molar-refractivity contribution in [2.45, 2.75) is 223 Å². The third-order valence-corrected chi connectivity index (χ3v) is 19.1. The molecule has 12 N–H and O–H groups in total. The Morgan fingerprint density at radius 2 is 0.806 bits per heavy atom. The van der Waals surface area contributed by atoms with Crippen LogP contribution in [0.1, 0.15) is 200 Å². The van der Waals surface area contributed by atoms with Gasteiger partial charge >= 0.3 is 0 Å². The molecule has 6 aliphatic carbocycles. The second-order valence-corrected chi connectivity index (χ2v) is 26.8. The number of ether oxygens (including phenoxy) is 3. The molecule has 6 saturated carbocycles. The molecule has 18 atom stereocenters. The van der Waals surface area contributed by atoms with Crippen molar-refractivity contribution in [2.75, 3.05) is 72.7 Å². The minimum absolute atomic E-state index is 0.0394. The Kier molecular flexibility index (Phi) is 14.3. The molecule has 0 bridgehead atoms. The molecule has 0 saturated heterocycles. The number of halogens is 3. The monoisotopic (exact) mass is 1590 g/mol. The number of nitrogens with one attached hydrogen (secondary N) is 3. The van der Waals surface area contributed by atoms with Crippen molar-refractivity contribution in [1.82, 2.24) is 74.9 Å². The predicted molar refractivity (Wildman–Crippen MR) is 398 cm³/mol. The smallest absolute Gasteiger partial charge is 0.191 e. The fraction of sp³-hybridized carbons (Fsp3) is 0.583. The van der Waals surface area contributed by atoms with Gasteiger partial charge in [0.2, 0.25) is 0 Å². The first kappa shape index (κ1) is 44.2. The lowest BCUT2D eigenvalue weighted by molar-refractivity contribution is -0.0629. The van der Waals surface area contributed by atoms with Crippen LogP contribution in [0.3, 0.4) is 0 Å². The molecule has 6 fully saturated rings. The van der Waals surface area contributed by atoms with Crippen molar-refractivity contribution >= 4 is 86.2 Å². The van der Waals surface area contributed by atoms with Crippen LogP contribution in [0.5, 0.6) is 0 Å². The number of aromatic nitrogens is 15. The van der Waals surface area contributed by atoms with E-state index in [1.54, 1.807) is 0 Å². The first-order valence-electron chi connectivity index (χ1n) is 51.7. The summed E-state index contributed by atoms with van der Waals surface area (Å²) in [4.78, 5) is 25.8. The van der Waals surface area contributed by atoms with Crippen molar-refractivity contribution < 1.29 is 125 Å². The molecule has 0 spiro atoms. The fourth-order valence-electron chi connectivity index (χ4n) is 10.3. The van der Waals surface area contributed by atoms with Gasteiger partial charge in [-0.3, -0.25) is 0 Å². The summed E-state index contributed by atoms with van der Waals surface area (Å²) in [5.41, 5.74) is -4.53. The Morgan fingerprint density at radius 3 is 1.11 bits per heavy atom. The fourth-order valence-corrected chi connectivity index (χ4v) is 12.4. The van der Waals surface area contributed by atoms with E-state index in [1.165, 1.54) is 20.8 Å². The number of hydrogen-bond acceptors (Lipinski definition) is 30. The number of hydrogen-bond donors (Lipinski definition) is 12. The molecular formula is C72H93F3N18O12S3. The number of aliphatic hydroxyl groups is 9. The van der Waals surface area contributed by atoms with Gasteiger partial charge in [-0.05, 0) is 111 Å². The van der Waals surface area contributed by atoms with Crippen LogP contribution >= 0.6 is 35.3 Å². The molecular weight excluding hydrogens is 1460 g/mol. The molecule has 6 aromatic heterocycles. The Bertz CT molecular complexity index is 6630. The topological polar surface area (TPSA) is 415 Å². The van der Waals surface area contributed by atoms with Gasteiger partial charge in [-0.2, -0.15) is 0 Å². The average Bonchev–Trinajstić information content (AvgIpc) is 1.49. The van der Waals surface area contributed by atoms with Crippen molar-refractivity contribution in [3.05, 3.63) is 105 Å². The van der Waals surface area contributed by atoms with Crippen molar-refractivity contribution in [2.24, 2.45) is 0 Å². The Labute approximate surface area is 686 Å². The van der Waals surface area contributed by atoms with Crippen LogP contribution in [0.15, 0.2) is 69.9 Å². The molecule has 6 aliphatic rings. The third kappa shape index (κ3) is 17.5. The highest BCUT2D eigenvalue weighted by molar-refractivity contribution is 7.99. The Morgan fingerprint density at radius 1 is 0.481 bits per heavy atom. The first-order chi connectivity index (χ1) is 66.4. The van der Waals surface area contributed by atoms with E-state index in [9.17, 15) is 59.1 Å². The van der Waals surface area contributed by atoms with Crippen molar-refractivity contribution in [1.29, 1.82) is 0 Å². The molecule has 15 rings (SSSR count). The molecule has 6 heterocycles. The van der Waals surface area contributed by atoms with Gasteiger partial charge in [0, 0.05) is 84.5 Å². The van der Waals surface area contributed by atoms with E-state index in [-0.39, 0.29) is 111 Å². The maximum atomic E-state index is 14.8. The summed E-state index contributed by atoms with van der Waals surface area (Å²) in [6.45, 7) is -8.30. The maximum Gasteiger partial charge on any atom is 0.191 e. The lowest BCUT2D eigenvalue weighted by atomic mass is 10.1. The molecule has 108 heavy (non-hydrogen) atoms. The van der Waals surface area contributed by atoms with Gasteiger partial charge in [0.25, 0.3) is 0 Å². The number of rotatable bonds is 30. The zero-order chi connectivity index (χ0) is 110. The van der Waals surface area contributed by atoms with Crippen LogP contribution in [-0.4, -0.2) is 250 Å². The highest BCUT2D eigenvalue weighted by Crippen LogP contribution is 2.48. The molecule has 0 radical (unpaired) electrons. The summed E-state index contributed by atoms with van der Waals surface area (Å²) >= 11 is 3.16. The number of anilines is 3. The zero-order valence-corrected chi connectivity index (χ0v) is 59.8. The summed E-state index contributed by atoms with van der Waals surface area (Å²) in [6, 6.07) is -19.3. The van der Waals surface area contributed by atoms with Gasteiger partial charge in [-0.1, -0.05) is 108 Å². The normalized spacial score (nSPS) is 44.9. The maximum absolute atomic E-state index is 14.8. The second-order valence-electron chi connectivity index (χ2n) is 23.6. The van der Waals surface area contributed by atoms with Crippen LogP contribution in [0.4, 0.5) is 30.6 Å². The van der Waals surface area contributed by atoms with Gasteiger partial charge in [-0.15, -0.1) is 15.3 Å². The second kappa shape index (κ2) is 35.1. The van der Waals surface area contributed by atoms with E-state index in [2.05, 4.69) is 81.5 Å². The molecule has 582 valence electrons. The number of thioether (sulfide) groups is 3. The largest absolute Gasteiger partial charge is 0.394 e. The molecule has 9 aromatic rings. The Balaban J connectivity index is 0.000000183. The highest BCUT2D eigenvalue weighted by Gasteiger charge is 2.49. The van der Waals surface area contributed by atoms with Crippen molar-refractivity contribution in [3.8, 4) is 0 Å². The zero-order valence-electron chi connectivity index (χ0n) is 95.3. The summed E-state index contributed by atoms with van der Waals surface area (Å²) in [6.07, 6.45) is -46.9. The summed E-state index contributed by atoms with van der Waals surface area (Å²) in [5.74, 6) is -7.87. The average molecular weight is 1590 g/mol. The summed E-state index contributed by atoms with van der Waals surface area (Å²) < 4.78 is 375. The quantitative estimate of drug-likeness (QED) is 0.0168. The van der Waals surface area contributed by atoms with Gasteiger partial charge in [0.1, 0.15) is 53.9 Å². The highest BCUT2D eigenvalue weighted by atomic mass is 32.2. The van der Waals surface area contributed by atoms with Crippen LogP contribution in [0.2, 0.25) is 0 Å². The lowest BCUT2D eigenvalue weighted by Gasteiger charge is -2.17. The standard InChI is InChI=1S/3C24H31FN6O4S/c3*1-3-8-36-24-27-22(26-16-10-14(16)13-5-4-12(2)15(25)9-13)19-23(28-24)31(30-29-19)17-11-18(35-7-6-32)21(34)20(17)33/h3*4-5,9,14,16-18,20-21,32-34H,3,6-8,10-11H2,1-2H3,(H,26,27,28)/t3*14-,16+,17+,18-,20-,21+/m000/s1/i4D,5D,6D2,7D2,9D,11D2,14D,17D,18D,20D,21D;4D,5D,7D2,9D,11D2,14D,17D,18D,20D,21D;4D,5D,6D2,9D,11D2,14D,17D,18D,20D,21D. The minimum atomic E-state index is -4.31. The van der Waals surface area contributed by atoms with E-state index < -0.39 is 261 Å². The molecule has 0 aliphatic heterocycles. The van der Waals surface area contributed by atoms with E-state index in [4.69, 9.17) is 61.6 Å². The van der Waals surface area contributed by atoms with E-state index in [1.807, 2.05) is 20.8 Å². The number of aliphatic hydroxyl groups excluding tert-OH is 1. The van der Waals surface area contributed by atoms with Gasteiger partial charge in [-0.25, -0.2) is 57.1 Å². The minimum Gasteiger partial charge on any atom is -0.394 e. The van der Waals surface area contributed by atoms with Crippen LogP contribution < -0.4 is 16.0 Å².